The van der Waals surface area contributed by atoms with Crippen LogP contribution in [0.1, 0.15) is 21.7 Å². The number of ether oxygens (including phenoxy) is 1. The van der Waals surface area contributed by atoms with Crippen LogP contribution in [0.3, 0.4) is 0 Å². The Morgan fingerprint density at radius 2 is 1.90 bits per heavy atom. The van der Waals surface area contributed by atoms with Crippen LogP contribution in [0.2, 0.25) is 5.02 Å². The predicted molar refractivity (Wildman–Crippen MR) is 103 cm³/mol. The highest BCUT2D eigenvalue weighted by Crippen LogP contribution is 2.31. The Hall–Kier alpha value is -3.13. The van der Waals surface area contributed by atoms with Crippen LogP contribution < -0.4 is 10.1 Å². The SMILES string of the molecule is COc1ccc(-c2cc(NC(=O)c3ccc(C(F)(F)F)nc3C)ccc2Cl)nc1. The molecule has 0 fully saturated rings. The lowest BCUT2D eigenvalue weighted by Gasteiger charge is -2.12. The number of alkyl halides is 3. The Morgan fingerprint density at radius 1 is 1.14 bits per heavy atom. The van der Waals surface area contributed by atoms with Crippen molar-refractivity contribution in [3.8, 4) is 17.0 Å². The topological polar surface area (TPSA) is 64.1 Å². The second kappa shape index (κ2) is 8.08. The van der Waals surface area contributed by atoms with Crippen molar-refractivity contribution in [1.29, 1.82) is 0 Å². The number of rotatable bonds is 4. The number of carbonyl (C=O) groups is 1. The van der Waals surface area contributed by atoms with Crippen molar-refractivity contribution >= 4 is 23.2 Å². The number of aryl methyl sites for hydroxylation is 1. The summed E-state index contributed by atoms with van der Waals surface area (Å²) in [6, 6.07) is 10.1. The normalized spacial score (nSPS) is 11.2. The summed E-state index contributed by atoms with van der Waals surface area (Å²) in [5.74, 6) is -0.000652. The molecule has 0 aliphatic heterocycles. The van der Waals surface area contributed by atoms with Crippen LogP contribution in [0.15, 0.2) is 48.7 Å². The first-order valence-corrected chi connectivity index (χ1v) is 8.73. The maximum absolute atomic E-state index is 12.7. The van der Waals surface area contributed by atoms with E-state index in [1.54, 1.807) is 30.3 Å². The molecular weight excluding hydrogens is 407 g/mol. The van der Waals surface area contributed by atoms with E-state index >= 15 is 0 Å². The van der Waals surface area contributed by atoms with Gasteiger partial charge in [-0.2, -0.15) is 13.2 Å². The molecule has 0 radical (unpaired) electrons. The molecule has 0 saturated heterocycles. The van der Waals surface area contributed by atoms with Gasteiger partial charge in [0.2, 0.25) is 0 Å². The zero-order valence-corrected chi connectivity index (χ0v) is 16.1. The molecule has 0 aliphatic carbocycles. The highest BCUT2D eigenvalue weighted by atomic mass is 35.5. The molecule has 0 aliphatic rings. The number of halogens is 4. The molecule has 0 unspecified atom stereocenters. The maximum Gasteiger partial charge on any atom is 0.433 e. The van der Waals surface area contributed by atoms with E-state index in [9.17, 15) is 18.0 Å². The van der Waals surface area contributed by atoms with Crippen molar-refractivity contribution in [2.24, 2.45) is 0 Å². The summed E-state index contributed by atoms with van der Waals surface area (Å²) < 4.78 is 43.3. The number of nitrogens with zero attached hydrogens (tertiary/aromatic N) is 2. The second-order valence-electron chi connectivity index (χ2n) is 6.06. The fourth-order valence-corrected chi connectivity index (χ4v) is 2.83. The lowest BCUT2D eigenvalue weighted by molar-refractivity contribution is -0.141. The van der Waals surface area contributed by atoms with Gasteiger partial charge in [-0.1, -0.05) is 11.6 Å². The molecule has 2 heterocycles. The van der Waals surface area contributed by atoms with Crippen molar-refractivity contribution in [3.63, 3.8) is 0 Å². The van der Waals surface area contributed by atoms with Crippen LogP contribution in [0, 0.1) is 6.92 Å². The molecule has 3 rings (SSSR count). The molecule has 5 nitrogen and oxygen atoms in total. The Kier molecular flexibility index (Phi) is 5.74. The second-order valence-corrected chi connectivity index (χ2v) is 6.47. The van der Waals surface area contributed by atoms with E-state index in [2.05, 4.69) is 15.3 Å². The van der Waals surface area contributed by atoms with Gasteiger partial charge in [0.1, 0.15) is 11.4 Å². The van der Waals surface area contributed by atoms with Gasteiger partial charge in [-0.3, -0.25) is 9.78 Å². The van der Waals surface area contributed by atoms with Gasteiger partial charge < -0.3 is 10.1 Å². The minimum Gasteiger partial charge on any atom is -0.495 e. The molecule has 1 amide bonds. The number of benzene rings is 1. The number of nitrogens with one attached hydrogen (secondary N) is 1. The predicted octanol–water partition coefficient (Wildman–Crippen LogP) is 5.39. The Balaban J connectivity index is 1.86. The van der Waals surface area contributed by atoms with E-state index in [0.717, 1.165) is 12.1 Å². The van der Waals surface area contributed by atoms with Gasteiger partial charge in [0.25, 0.3) is 5.91 Å². The largest absolute Gasteiger partial charge is 0.495 e. The Labute approximate surface area is 169 Å². The van der Waals surface area contributed by atoms with Gasteiger partial charge in [-0.05, 0) is 49.4 Å². The summed E-state index contributed by atoms with van der Waals surface area (Å²) >= 11 is 6.24. The summed E-state index contributed by atoms with van der Waals surface area (Å²) in [6.07, 6.45) is -3.04. The average Bonchev–Trinajstić information content (AvgIpc) is 2.68. The van der Waals surface area contributed by atoms with Crippen molar-refractivity contribution in [3.05, 3.63) is 70.6 Å². The zero-order valence-electron chi connectivity index (χ0n) is 15.3. The Morgan fingerprint density at radius 3 is 2.48 bits per heavy atom. The molecule has 1 aromatic carbocycles. The summed E-state index contributed by atoms with van der Waals surface area (Å²) in [6.45, 7) is 1.35. The minimum absolute atomic E-state index is 0.0247. The van der Waals surface area contributed by atoms with Crippen molar-refractivity contribution in [2.75, 3.05) is 12.4 Å². The average molecular weight is 422 g/mol. The van der Waals surface area contributed by atoms with Crippen LogP contribution in [-0.4, -0.2) is 23.0 Å². The van der Waals surface area contributed by atoms with Crippen LogP contribution in [0.4, 0.5) is 18.9 Å². The highest BCUT2D eigenvalue weighted by molar-refractivity contribution is 6.33. The number of amides is 1. The molecule has 29 heavy (non-hydrogen) atoms. The van der Waals surface area contributed by atoms with E-state index < -0.39 is 17.8 Å². The smallest absolute Gasteiger partial charge is 0.433 e. The summed E-state index contributed by atoms with van der Waals surface area (Å²) in [5.41, 5.74) is 0.520. The molecule has 3 aromatic rings. The molecule has 0 spiro atoms. The number of hydrogen-bond donors (Lipinski definition) is 1. The number of carbonyl (C=O) groups excluding carboxylic acids is 1. The summed E-state index contributed by atoms with van der Waals surface area (Å²) in [4.78, 5) is 20.3. The third-order valence-corrected chi connectivity index (χ3v) is 4.42. The third kappa shape index (κ3) is 4.65. The zero-order chi connectivity index (χ0) is 21.2. The molecule has 0 atom stereocenters. The first kappa shape index (κ1) is 20.6. The number of methoxy groups -OCH3 is 1. The molecule has 1 N–H and O–H groups in total. The van der Waals surface area contributed by atoms with Gasteiger partial charge in [0, 0.05) is 11.3 Å². The van der Waals surface area contributed by atoms with Crippen molar-refractivity contribution in [1.82, 2.24) is 9.97 Å². The molecule has 0 saturated carbocycles. The van der Waals surface area contributed by atoms with E-state index in [1.165, 1.54) is 20.2 Å². The number of hydrogen-bond acceptors (Lipinski definition) is 4. The van der Waals surface area contributed by atoms with Crippen molar-refractivity contribution in [2.45, 2.75) is 13.1 Å². The monoisotopic (exact) mass is 421 g/mol. The van der Waals surface area contributed by atoms with E-state index in [0.29, 0.717) is 27.7 Å². The van der Waals surface area contributed by atoms with Crippen molar-refractivity contribution < 1.29 is 22.7 Å². The lowest BCUT2D eigenvalue weighted by atomic mass is 10.1. The number of pyridine rings is 2. The maximum atomic E-state index is 12.7. The van der Waals surface area contributed by atoms with Gasteiger partial charge in [-0.15, -0.1) is 0 Å². The number of anilines is 1. The molecular formula is C20H15ClF3N3O2. The minimum atomic E-state index is -4.57. The standard InChI is InChI=1S/C20H15ClF3N3O2/c1-11-14(5-8-18(26-11)20(22,23)24)19(28)27-12-3-6-16(21)15(9-12)17-7-4-13(29-2)10-25-17/h3-10H,1-2H3,(H,27,28). The summed E-state index contributed by atoms with van der Waals surface area (Å²) in [7, 11) is 1.53. The third-order valence-electron chi connectivity index (χ3n) is 4.09. The molecule has 150 valence electrons. The summed E-state index contributed by atoms with van der Waals surface area (Å²) in [5, 5.41) is 3.07. The van der Waals surface area contributed by atoms with Crippen LogP contribution >= 0.6 is 11.6 Å². The van der Waals surface area contributed by atoms with E-state index in [1.807, 2.05) is 0 Å². The highest BCUT2D eigenvalue weighted by Gasteiger charge is 2.33. The lowest BCUT2D eigenvalue weighted by Crippen LogP contribution is -2.16. The van der Waals surface area contributed by atoms with Crippen LogP contribution in [0.5, 0.6) is 5.75 Å². The fraction of sp³-hybridized carbons (Fsp3) is 0.150. The molecule has 0 bridgehead atoms. The van der Waals surface area contributed by atoms with E-state index in [-0.39, 0.29) is 11.3 Å². The van der Waals surface area contributed by atoms with Crippen LogP contribution in [0.25, 0.3) is 11.3 Å². The number of aromatic nitrogens is 2. The van der Waals surface area contributed by atoms with Gasteiger partial charge in [-0.25, -0.2) is 4.98 Å². The van der Waals surface area contributed by atoms with Gasteiger partial charge in [0.15, 0.2) is 0 Å². The fourth-order valence-electron chi connectivity index (χ4n) is 2.62. The first-order valence-electron chi connectivity index (χ1n) is 8.35. The van der Waals surface area contributed by atoms with E-state index in [4.69, 9.17) is 16.3 Å². The van der Waals surface area contributed by atoms with Gasteiger partial charge >= 0.3 is 6.18 Å². The van der Waals surface area contributed by atoms with Gasteiger partial charge in [0.05, 0.1) is 35.3 Å². The first-order chi connectivity index (χ1) is 13.7. The molecule has 9 heteroatoms. The Bertz CT molecular complexity index is 1050. The van der Waals surface area contributed by atoms with Crippen LogP contribution in [-0.2, 0) is 6.18 Å². The quantitative estimate of drug-likeness (QED) is 0.613. The molecule has 2 aromatic heterocycles.